The van der Waals surface area contributed by atoms with E-state index in [1.807, 2.05) is 0 Å². The molecule has 1 aliphatic heterocycles. The molecule has 1 heterocycles. The first-order chi connectivity index (χ1) is 8.33. The zero-order valence-electron chi connectivity index (χ0n) is 11.1. The summed E-state index contributed by atoms with van der Waals surface area (Å²) in [4.78, 5) is 0. The Kier molecular flexibility index (Phi) is 5.64. The SMILES string of the molecule is CCC1CCC(CN)C(SC2CCOCC2)C1. The molecule has 0 radical (unpaired) electrons. The number of hydrogen-bond donors (Lipinski definition) is 1. The average molecular weight is 257 g/mol. The second-order valence-corrected chi connectivity index (χ2v) is 7.11. The van der Waals surface area contributed by atoms with Gasteiger partial charge in [0.25, 0.3) is 0 Å². The van der Waals surface area contributed by atoms with Crippen LogP contribution in [0, 0.1) is 11.8 Å². The zero-order valence-corrected chi connectivity index (χ0v) is 11.9. The highest BCUT2D eigenvalue weighted by Crippen LogP contribution is 2.40. The summed E-state index contributed by atoms with van der Waals surface area (Å²) in [7, 11) is 0. The lowest BCUT2D eigenvalue weighted by Gasteiger charge is -2.37. The van der Waals surface area contributed by atoms with Crippen LogP contribution in [-0.4, -0.2) is 30.3 Å². The van der Waals surface area contributed by atoms with Crippen molar-refractivity contribution in [3.8, 4) is 0 Å². The first kappa shape index (κ1) is 13.7. The first-order valence-corrected chi connectivity index (χ1v) is 8.21. The van der Waals surface area contributed by atoms with Crippen molar-refractivity contribution >= 4 is 11.8 Å². The summed E-state index contributed by atoms with van der Waals surface area (Å²) in [6.45, 7) is 5.16. The van der Waals surface area contributed by atoms with E-state index in [0.29, 0.717) is 0 Å². The fraction of sp³-hybridized carbons (Fsp3) is 1.00. The minimum atomic E-state index is 0.769. The van der Waals surface area contributed by atoms with Crippen LogP contribution in [0.1, 0.15) is 45.4 Å². The average Bonchev–Trinajstić information content (AvgIpc) is 2.40. The van der Waals surface area contributed by atoms with E-state index in [2.05, 4.69) is 18.7 Å². The lowest BCUT2D eigenvalue weighted by Crippen LogP contribution is -2.34. The molecule has 100 valence electrons. The van der Waals surface area contributed by atoms with Gasteiger partial charge in [-0.15, -0.1) is 0 Å². The number of rotatable bonds is 4. The first-order valence-electron chi connectivity index (χ1n) is 7.26. The van der Waals surface area contributed by atoms with Crippen molar-refractivity contribution in [2.45, 2.75) is 55.9 Å². The molecule has 0 amide bonds. The van der Waals surface area contributed by atoms with Crippen LogP contribution in [0.2, 0.25) is 0 Å². The molecule has 0 bridgehead atoms. The van der Waals surface area contributed by atoms with Crippen molar-refractivity contribution in [3.05, 3.63) is 0 Å². The molecule has 2 rings (SSSR count). The molecule has 2 fully saturated rings. The fourth-order valence-corrected chi connectivity index (χ4v) is 4.95. The van der Waals surface area contributed by atoms with Crippen molar-refractivity contribution in [3.63, 3.8) is 0 Å². The van der Waals surface area contributed by atoms with Crippen molar-refractivity contribution in [1.29, 1.82) is 0 Å². The van der Waals surface area contributed by atoms with Gasteiger partial charge in [-0.05, 0) is 44.1 Å². The maximum Gasteiger partial charge on any atom is 0.0476 e. The Morgan fingerprint density at radius 3 is 2.59 bits per heavy atom. The van der Waals surface area contributed by atoms with E-state index in [4.69, 9.17) is 10.5 Å². The van der Waals surface area contributed by atoms with E-state index in [-0.39, 0.29) is 0 Å². The molecule has 0 aromatic rings. The molecule has 0 aromatic carbocycles. The van der Waals surface area contributed by atoms with Crippen LogP contribution in [0.5, 0.6) is 0 Å². The number of thioether (sulfide) groups is 1. The molecule has 0 spiro atoms. The maximum atomic E-state index is 5.95. The zero-order chi connectivity index (χ0) is 12.1. The van der Waals surface area contributed by atoms with Gasteiger partial charge >= 0.3 is 0 Å². The van der Waals surface area contributed by atoms with Crippen LogP contribution in [0.4, 0.5) is 0 Å². The maximum absolute atomic E-state index is 5.95. The van der Waals surface area contributed by atoms with Gasteiger partial charge in [-0.2, -0.15) is 11.8 Å². The largest absolute Gasteiger partial charge is 0.381 e. The summed E-state index contributed by atoms with van der Waals surface area (Å²) < 4.78 is 5.45. The van der Waals surface area contributed by atoms with Gasteiger partial charge in [-0.1, -0.05) is 19.8 Å². The highest BCUT2D eigenvalue weighted by atomic mass is 32.2. The summed E-state index contributed by atoms with van der Waals surface area (Å²) in [5.74, 6) is 1.72. The molecule has 1 aliphatic carbocycles. The highest BCUT2D eigenvalue weighted by Gasteiger charge is 2.31. The van der Waals surface area contributed by atoms with Crippen LogP contribution in [0.25, 0.3) is 0 Å². The van der Waals surface area contributed by atoms with Crippen molar-refractivity contribution in [1.82, 2.24) is 0 Å². The summed E-state index contributed by atoms with van der Waals surface area (Å²) in [6, 6.07) is 0. The monoisotopic (exact) mass is 257 g/mol. The number of hydrogen-bond acceptors (Lipinski definition) is 3. The quantitative estimate of drug-likeness (QED) is 0.840. The molecular weight excluding hydrogens is 230 g/mol. The standard InChI is InChI=1S/C14H27NOS/c1-2-11-3-4-12(10-15)14(9-11)17-13-5-7-16-8-6-13/h11-14H,2-10,15H2,1H3. The molecule has 2 N–H and O–H groups in total. The van der Waals surface area contributed by atoms with Crippen LogP contribution in [0.15, 0.2) is 0 Å². The lowest BCUT2D eigenvalue weighted by molar-refractivity contribution is 0.0997. The second-order valence-electron chi connectivity index (χ2n) is 5.57. The van der Waals surface area contributed by atoms with Gasteiger partial charge < -0.3 is 10.5 Å². The minimum absolute atomic E-state index is 0.769. The van der Waals surface area contributed by atoms with E-state index >= 15 is 0 Å². The number of ether oxygens (including phenoxy) is 1. The Balaban J connectivity index is 1.85. The predicted molar refractivity (Wildman–Crippen MR) is 75.4 cm³/mol. The second kappa shape index (κ2) is 7.01. The molecule has 3 unspecified atom stereocenters. The minimum Gasteiger partial charge on any atom is -0.381 e. The summed E-state index contributed by atoms with van der Waals surface area (Å²) in [5, 5.41) is 1.65. The molecule has 0 aromatic heterocycles. The van der Waals surface area contributed by atoms with E-state index < -0.39 is 0 Å². The van der Waals surface area contributed by atoms with Crippen molar-refractivity contribution < 1.29 is 4.74 Å². The van der Waals surface area contributed by atoms with E-state index in [1.165, 1.54) is 38.5 Å². The lowest BCUT2D eigenvalue weighted by atomic mass is 9.80. The summed E-state index contributed by atoms with van der Waals surface area (Å²) in [6.07, 6.45) is 8.01. The van der Waals surface area contributed by atoms with Gasteiger partial charge in [0.05, 0.1) is 0 Å². The van der Waals surface area contributed by atoms with Gasteiger partial charge in [0.1, 0.15) is 0 Å². The predicted octanol–water partition coefficient (Wildman–Crippen LogP) is 3.05. The van der Waals surface area contributed by atoms with Crippen molar-refractivity contribution in [2.75, 3.05) is 19.8 Å². The molecule has 2 aliphatic rings. The summed E-state index contributed by atoms with van der Waals surface area (Å²) in [5.41, 5.74) is 5.95. The smallest absolute Gasteiger partial charge is 0.0476 e. The number of nitrogens with two attached hydrogens (primary N) is 1. The Morgan fingerprint density at radius 1 is 1.18 bits per heavy atom. The van der Waals surface area contributed by atoms with Gasteiger partial charge in [0, 0.05) is 23.7 Å². The van der Waals surface area contributed by atoms with Gasteiger partial charge in [0.15, 0.2) is 0 Å². The molecule has 1 saturated carbocycles. The molecule has 17 heavy (non-hydrogen) atoms. The van der Waals surface area contributed by atoms with Gasteiger partial charge in [-0.3, -0.25) is 0 Å². The molecule has 3 atom stereocenters. The third-order valence-electron chi connectivity index (χ3n) is 4.45. The van der Waals surface area contributed by atoms with E-state index in [1.54, 1.807) is 0 Å². The van der Waals surface area contributed by atoms with E-state index in [0.717, 1.165) is 42.1 Å². The topological polar surface area (TPSA) is 35.2 Å². The summed E-state index contributed by atoms with van der Waals surface area (Å²) >= 11 is 2.23. The Bertz CT molecular complexity index is 218. The normalized spacial score (nSPS) is 36.0. The Labute approximate surface area is 110 Å². The molecule has 1 saturated heterocycles. The van der Waals surface area contributed by atoms with Crippen LogP contribution < -0.4 is 5.73 Å². The van der Waals surface area contributed by atoms with Gasteiger partial charge in [-0.25, -0.2) is 0 Å². The fourth-order valence-electron chi connectivity index (χ4n) is 3.14. The Morgan fingerprint density at radius 2 is 1.94 bits per heavy atom. The third-order valence-corrected chi connectivity index (χ3v) is 6.24. The van der Waals surface area contributed by atoms with E-state index in [9.17, 15) is 0 Å². The molecule has 3 heteroatoms. The van der Waals surface area contributed by atoms with Gasteiger partial charge in [0.2, 0.25) is 0 Å². The van der Waals surface area contributed by atoms with Crippen molar-refractivity contribution in [2.24, 2.45) is 17.6 Å². The molecular formula is C14H27NOS. The van der Waals surface area contributed by atoms with Crippen LogP contribution in [0.3, 0.4) is 0 Å². The highest BCUT2D eigenvalue weighted by molar-refractivity contribution is 8.00. The van der Waals surface area contributed by atoms with Crippen LogP contribution >= 0.6 is 11.8 Å². The molecule has 2 nitrogen and oxygen atoms in total. The Hall–Kier alpha value is 0.270. The third kappa shape index (κ3) is 3.87. The van der Waals surface area contributed by atoms with Crippen LogP contribution in [-0.2, 0) is 4.74 Å².